The van der Waals surface area contributed by atoms with Crippen molar-refractivity contribution in [2.75, 3.05) is 26.3 Å². The van der Waals surface area contributed by atoms with Crippen LogP contribution in [0.15, 0.2) is 0 Å². The lowest BCUT2D eigenvalue weighted by molar-refractivity contribution is -0.145. The molecule has 0 bridgehead atoms. The number of aliphatic hydroxyl groups excluding tert-OH is 1. The van der Waals surface area contributed by atoms with Crippen LogP contribution in [0.25, 0.3) is 0 Å². The predicted octanol–water partition coefficient (Wildman–Crippen LogP) is 0.459. The Kier molecular flexibility index (Phi) is 5.88. The molecule has 1 aliphatic rings. The van der Waals surface area contributed by atoms with E-state index in [9.17, 15) is 9.90 Å². The summed E-state index contributed by atoms with van der Waals surface area (Å²) in [6.07, 6.45) is 1.47. The first-order valence-electron chi connectivity index (χ1n) is 6.24. The molecule has 2 atom stereocenters. The van der Waals surface area contributed by atoms with Crippen molar-refractivity contribution in [3.05, 3.63) is 0 Å². The number of esters is 1. The van der Waals surface area contributed by atoms with Crippen LogP contribution in [0.4, 0.5) is 0 Å². The lowest BCUT2D eigenvalue weighted by Crippen LogP contribution is -2.40. The molecule has 0 aromatic rings. The van der Waals surface area contributed by atoms with Gasteiger partial charge in [-0.25, -0.2) is 0 Å². The molecule has 0 saturated carbocycles. The van der Waals surface area contributed by atoms with Crippen molar-refractivity contribution in [3.63, 3.8) is 0 Å². The van der Waals surface area contributed by atoms with Gasteiger partial charge in [-0.1, -0.05) is 0 Å². The molecule has 0 aromatic heterocycles. The number of hydrogen-bond acceptors (Lipinski definition) is 5. The monoisotopic (exact) mass is 245 g/mol. The average Bonchev–Trinajstić information content (AvgIpc) is 2.65. The predicted molar refractivity (Wildman–Crippen MR) is 63.7 cm³/mol. The SMILES string of the molecule is CCOC(=O)CC(O)CNCC1(C)CCCO1. The van der Waals surface area contributed by atoms with Crippen LogP contribution in [-0.4, -0.2) is 49.1 Å². The normalized spacial score (nSPS) is 25.8. The molecule has 5 nitrogen and oxygen atoms in total. The number of ether oxygens (including phenoxy) is 2. The van der Waals surface area contributed by atoms with E-state index < -0.39 is 6.10 Å². The molecule has 2 N–H and O–H groups in total. The number of hydrogen-bond donors (Lipinski definition) is 2. The van der Waals surface area contributed by atoms with Crippen LogP contribution < -0.4 is 5.32 Å². The summed E-state index contributed by atoms with van der Waals surface area (Å²) in [6, 6.07) is 0. The second kappa shape index (κ2) is 6.93. The van der Waals surface area contributed by atoms with E-state index in [0.717, 1.165) is 19.4 Å². The molecule has 100 valence electrons. The molecule has 17 heavy (non-hydrogen) atoms. The largest absolute Gasteiger partial charge is 0.466 e. The summed E-state index contributed by atoms with van der Waals surface area (Å²) >= 11 is 0. The molecule has 0 aromatic carbocycles. The van der Waals surface area contributed by atoms with E-state index in [2.05, 4.69) is 12.2 Å². The highest BCUT2D eigenvalue weighted by molar-refractivity contribution is 5.69. The van der Waals surface area contributed by atoms with Crippen LogP contribution >= 0.6 is 0 Å². The molecule has 0 radical (unpaired) electrons. The van der Waals surface area contributed by atoms with E-state index in [0.29, 0.717) is 19.7 Å². The first kappa shape index (κ1) is 14.4. The molecule has 0 spiro atoms. The molecule has 1 aliphatic heterocycles. The topological polar surface area (TPSA) is 67.8 Å². The molecular formula is C12H23NO4. The first-order valence-corrected chi connectivity index (χ1v) is 6.24. The minimum absolute atomic E-state index is 0.0401. The van der Waals surface area contributed by atoms with E-state index in [-0.39, 0.29) is 18.0 Å². The first-order chi connectivity index (χ1) is 8.06. The molecule has 0 aliphatic carbocycles. The molecular weight excluding hydrogens is 222 g/mol. The fourth-order valence-corrected chi connectivity index (χ4v) is 1.96. The van der Waals surface area contributed by atoms with Crippen molar-refractivity contribution in [3.8, 4) is 0 Å². The van der Waals surface area contributed by atoms with Gasteiger partial charge < -0.3 is 19.9 Å². The van der Waals surface area contributed by atoms with Gasteiger partial charge in [0.05, 0.1) is 24.7 Å². The van der Waals surface area contributed by atoms with Crippen molar-refractivity contribution >= 4 is 5.97 Å². The van der Waals surface area contributed by atoms with Gasteiger partial charge in [-0.05, 0) is 26.7 Å². The second-order valence-electron chi connectivity index (χ2n) is 4.70. The molecule has 5 heteroatoms. The second-order valence-corrected chi connectivity index (χ2v) is 4.70. The quantitative estimate of drug-likeness (QED) is 0.638. The summed E-state index contributed by atoms with van der Waals surface area (Å²) in [6.45, 7) is 6.06. The minimum Gasteiger partial charge on any atom is -0.466 e. The van der Waals surface area contributed by atoms with Crippen LogP contribution in [0.1, 0.15) is 33.1 Å². The zero-order chi connectivity index (χ0) is 12.7. The summed E-state index contributed by atoms with van der Waals surface area (Å²) in [5.74, 6) is -0.356. The smallest absolute Gasteiger partial charge is 0.308 e. The Labute approximate surface area is 102 Å². The van der Waals surface area contributed by atoms with E-state index in [1.165, 1.54) is 0 Å². The third kappa shape index (κ3) is 5.48. The fourth-order valence-electron chi connectivity index (χ4n) is 1.96. The Morgan fingerprint density at radius 3 is 3.00 bits per heavy atom. The summed E-state index contributed by atoms with van der Waals surface area (Å²) in [7, 11) is 0. The number of carbonyl (C=O) groups excluding carboxylic acids is 1. The Balaban J connectivity index is 2.11. The van der Waals surface area contributed by atoms with Gasteiger partial charge in [0.2, 0.25) is 0 Å². The van der Waals surface area contributed by atoms with Crippen molar-refractivity contribution in [2.24, 2.45) is 0 Å². The Morgan fingerprint density at radius 2 is 2.41 bits per heavy atom. The maximum Gasteiger partial charge on any atom is 0.308 e. The third-order valence-corrected chi connectivity index (χ3v) is 2.89. The maximum atomic E-state index is 11.1. The van der Waals surface area contributed by atoms with Gasteiger partial charge in [-0.15, -0.1) is 0 Å². The molecule has 1 saturated heterocycles. The average molecular weight is 245 g/mol. The van der Waals surface area contributed by atoms with Gasteiger partial charge in [-0.3, -0.25) is 4.79 Å². The standard InChI is InChI=1S/C12H23NO4/c1-3-16-11(15)7-10(14)8-13-9-12(2)5-4-6-17-12/h10,13-14H,3-9H2,1-2H3. The summed E-state index contributed by atoms with van der Waals surface area (Å²) < 4.78 is 10.4. The highest BCUT2D eigenvalue weighted by Crippen LogP contribution is 2.23. The van der Waals surface area contributed by atoms with E-state index in [4.69, 9.17) is 9.47 Å². The van der Waals surface area contributed by atoms with Crippen LogP contribution in [0, 0.1) is 0 Å². The van der Waals surface area contributed by atoms with Gasteiger partial charge >= 0.3 is 5.97 Å². The van der Waals surface area contributed by atoms with E-state index >= 15 is 0 Å². The fraction of sp³-hybridized carbons (Fsp3) is 0.917. The lowest BCUT2D eigenvalue weighted by atomic mass is 10.0. The molecule has 1 heterocycles. The van der Waals surface area contributed by atoms with Crippen molar-refractivity contribution in [1.29, 1.82) is 0 Å². The van der Waals surface area contributed by atoms with Gasteiger partial charge in [0, 0.05) is 19.7 Å². The zero-order valence-corrected chi connectivity index (χ0v) is 10.7. The lowest BCUT2D eigenvalue weighted by Gasteiger charge is -2.24. The summed E-state index contributed by atoms with van der Waals surface area (Å²) in [5.41, 5.74) is -0.121. The number of aliphatic hydroxyl groups is 1. The van der Waals surface area contributed by atoms with Crippen LogP contribution in [0.3, 0.4) is 0 Å². The van der Waals surface area contributed by atoms with Crippen LogP contribution in [0.2, 0.25) is 0 Å². The minimum atomic E-state index is -0.695. The van der Waals surface area contributed by atoms with Gasteiger partial charge in [0.25, 0.3) is 0 Å². The van der Waals surface area contributed by atoms with Crippen molar-refractivity contribution in [1.82, 2.24) is 5.32 Å². The summed E-state index contributed by atoms with van der Waals surface area (Å²) in [4.78, 5) is 11.1. The highest BCUT2D eigenvalue weighted by Gasteiger charge is 2.29. The molecule has 1 fully saturated rings. The van der Waals surface area contributed by atoms with Gasteiger partial charge in [-0.2, -0.15) is 0 Å². The molecule has 2 unspecified atom stereocenters. The van der Waals surface area contributed by atoms with Gasteiger partial charge in [0.1, 0.15) is 0 Å². The van der Waals surface area contributed by atoms with Crippen molar-refractivity contribution in [2.45, 2.75) is 44.8 Å². The Bertz CT molecular complexity index is 239. The maximum absolute atomic E-state index is 11.1. The molecule has 1 rings (SSSR count). The van der Waals surface area contributed by atoms with Crippen LogP contribution in [-0.2, 0) is 14.3 Å². The van der Waals surface area contributed by atoms with Gasteiger partial charge in [0.15, 0.2) is 0 Å². The molecule has 0 amide bonds. The zero-order valence-electron chi connectivity index (χ0n) is 10.7. The van der Waals surface area contributed by atoms with Crippen molar-refractivity contribution < 1.29 is 19.4 Å². The number of rotatable bonds is 7. The Morgan fingerprint density at radius 1 is 1.65 bits per heavy atom. The number of carbonyl (C=O) groups is 1. The van der Waals surface area contributed by atoms with Crippen LogP contribution in [0.5, 0.6) is 0 Å². The summed E-state index contributed by atoms with van der Waals surface area (Å²) in [5, 5.41) is 12.7. The number of nitrogens with one attached hydrogen (secondary N) is 1. The van der Waals surface area contributed by atoms with E-state index in [1.807, 2.05) is 0 Å². The van der Waals surface area contributed by atoms with E-state index in [1.54, 1.807) is 6.92 Å². The highest BCUT2D eigenvalue weighted by atomic mass is 16.5. The Hall–Kier alpha value is -0.650. The third-order valence-electron chi connectivity index (χ3n) is 2.89.